The molecular weight excluding hydrogens is 218 g/mol. The van der Waals surface area contributed by atoms with Crippen LogP contribution in [0.15, 0.2) is 0 Å². The van der Waals surface area contributed by atoms with Crippen molar-refractivity contribution in [2.24, 2.45) is 0 Å². The Morgan fingerprint density at radius 3 is 2.29 bits per heavy atom. The molecule has 2 heterocycles. The number of nitrogens with one attached hydrogen (secondary N) is 2. The Labute approximate surface area is 102 Å². The van der Waals surface area contributed by atoms with E-state index in [9.17, 15) is 9.59 Å². The molecule has 2 saturated heterocycles. The van der Waals surface area contributed by atoms with Gasteiger partial charge in [-0.3, -0.25) is 14.5 Å². The van der Waals surface area contributed by atoms with Gasteiger partial charge in [0.25, 0.3) is 5.91 Å². The van der Waals surface area contributed by atoms with Gasteiger partial charge in [0.05, 0.1) is 13.0 Å². The molecule has 0 aromatic heterocycles. The van der Waals surface area contributed by atoms with Crippen LogP contribution in [0.1, 0.15) is 20.3 Å². The maximum Gasteiger partial charge on any atom is 0.288 e. The monoisotopic (exact) mass is 241 g/mol. The summed E-state index contributed by atoms with van der Waals surface area (Å²) >= 11 is 0. The van der Waals surface area contributed by atoms with Crippen LogP contribution in [0.5, 0.6) is 0 Å². The summed E-state index contributed by atoms with van der Waals surface area (Å²) in [5.74, 6) is 0.0627. The number of quaternary nitrogens is 2. The molecule has 2 N–H and O–H groups in total. The van der Waals surface area contributed by atoms with Crippen molar-refractivity contribution in [3.05, 3.63) is 0 Å². The number of imide groups is 1. The first-order valence-electron chi connectivity index (χ1n) is 6.69. The lowest BCUT2D eigenvalue weighted by Gasteiger charge is -2.31. The normalized spacial score (nSPS) is 34.5. The van der Waals surface area contributed by atoms with E-state index >= 15 is 0 Å². The number of likely N-dealkylation sites (tertiary alicyclic amines) is 1. The number of carbonyl (C=O) groups excluding carboxylic acids is 2. The number of amides is 2. The average Bonchev–Trinajstić information content (AvgIpc) is 2.64. The standard InChI is InChI=1S/C12H21N3O2/c1-3-13-5-7-14(8-6-13)10-9-11(16)15(4-2)12(10)17/h10H,3-9H2,1-2H3/p+2/t10-/m0/s1. The molecule has 1 atom stereocenters. The molecule has 0 spiro atoms. The first-order valence-corrected chi connectivity index (χ1v) is 6.69. The second-order valence-corrected chi connectivity index (χ2v) is 4.99. The van der Waals surface area contributed by atoms with Crippen LogP contribution in [0, 0.1) is 0 Å². The minimum absolute atomic E-state index is 0.0141. The minimum Gasteiger partial charge on any atom is -0.326 e. The Morgan fingerprint density at radius 2 is 1.82 bits per heavy atom. The highest BCUT2D eigenvalue weighted by Crippen LogP contribution is 2.09. The van der Waals surface area contributed by atoms with Gasteiger partial charge in [0, 0.05) is 6.54 Å². The van der Waals surface area contributed by atoms with E-state index in [2.05, 4.69) is 6.92 Å². The van der Waals surface area contributed by atoms with Gasteiger partial charge >= 0.3 is 0 Å². The van der Waals surface area contributed by atoms with E-state index in [1.807, 2.05) is 6.92 Å². The van der Waals surface area contributed by atoms with E-state index in [0.29, 0.717) is 13.0 Å². The molecule has 0 aromatic carbocycles. The number of nitrogens with zero attached hydrogens (tertiary/aromatic N) is 1. The van der Waals surface area contributed by atoms with Crippen LogP contribution in [-0.2, 0) is 9.59 Å². The van der Waals surface area contributed by atoms with Crippen molar-refractivity contribution < 1.29 is 19.4 Å². The molecule has 0 saturated carbocycles. The molecule has 2 fully saturated rings. The molecule has 2 rings (SSSR count). The largest absolute Gasteiger partial charge is 0.326 e. The summed E-state index contributed by atoms with van der Waals surface area (Å²) < 4.78 is 0. The molecule has 96 valence electrons. The highest BCUT2D eigenvalue weighted by molar-refractivity contribution is 6.04. The highest BCUT2D eigenvalue weighted by atomic mass is 16.2. The number of likely N-dealkylation sites (N-methyl/N-ethyl adjacent to an activating group) is 2. The minimum atomic E-state index is -0.0964. The lowest BCUT2D eigenvalue weighted by molar-refractivity contribution is -1.02. The van der Waals surface area contributed by atoms with Crippen LogP contribution in [-0.4, -0.2) is 62.0 Å². The molecule has 2 aliphatic rings. The van der Waals surface area contributed by atoms with Crippen molar-refractivity contribution in [1.29, 1.82) is 0 Å². The molecule has 0 radical (unpaired) electrons. The van der Waals surface area contributed by atoms with Crippen molar-refractivity contribution in [2.45, 2.75) is 26.3 Å². The zero-order valence-corrected chi connectivity index (χ0v) is 10.8. The summed E-state index contributed by atoms with van der Waals surface area (Å²) in [6.45, 7) is 10.0. The highest BCUT2D eigenvalue weighted by Gasteiger charge is 2.45. The number of carbonyl (C=O) groups is 2. The fraction of sp³-hybridized carbons (Fsp3) is 0.833. The molecular formula is C12H23N3O2+2. The molecule has 2 amide bonds. The molecule has 0 aromatic rings. The van der Waals surface area contributed by atoms with Crippen molar-refractivity contribution in [1.82, 2.24) is 4.90 Å². The second-order valence-electron chi connectivity index (χ2n) is 4.99. The van der Waals surface area contributed by atoms with E-state index in [-0.39, 0.29) is 17.9 Å². The lowest BCUT2D eigenvalue weighted by atomic mass is 10.2. The van der Waals surface area contributed by atoms with Crippen molar-refractivity contribution in [3.8, 4) is 0 Å². The van der Waals surface area contributed by atoms with Gasteiger partial charge in [-0.05, 0) is 13.8 Å². The van der Waals surface area contributed by atoms with E-state index < -0.39 is 0 Å². The SMILES string of the molecule is CCN1C(=O)C[C@H]([NH+]2CC[NH+](CC)CC2)C1=O. The Kier molecular flexibility index (Phi) is 3.79. The zero-order chi connectivity index (χ0) is 12.4. The third-order valence-corrected chi connectivity index (χ3v) is 4.15. The van der Waals surface area contributed by atoms with Gasteiger partial charge in [-0.2, -0.15) is 0 Å². The maximum absolute atomic E-state index is 12.1. The molecule has 2 aliphatic heterocycles. The summed E-state index contributed by atoms with van der Waals surface area (Å²) in [4.78, 5) is 28.1. The quantitative estimate of drug-likeness (QED) is 0.515. The fourth-order valence-electron chi connectivity index (χ4n) is 2.96. The van der Waals surface area contributed by atoms with Gasteiger partial charge in [-0.15, -0.1) is 0 Å². The number of hydrogen-bond donors (Lipinski definition) is 2. The average molecular weight is 241 g/mol. The van der Waals surface area contributed by atoms with Crippen LogP contribution in [0.2, 0.25) is 0 Å². The van der Waals surface area contributed by atoms with Gasteiger partial charge in [0.15, 0.2) is 6.04 Å². The van der Waals surface area contributed by atoms with E-state index in [4.69, 9.17) is 0 Å². The van der Waals surface area contributed by atoms with Crippen LogP contribution >= 0.6 is 0 Å². The van der Waals surface area contributed by atoms with Crippen LogP contribution in [0.3, 0.4) is 0 Å². The summed E-state index contributed by atoms with van der Waals surface area (Å²) in [7, 11) is 0. The molecule has 0 bridgehead atoms. The Bertz CT molecular complexity index is 311. The van der Waals surface area contributed by atoms with Crippen molar-refractivity contribution in [3.63, 3.8) is 0 Å². The number of piperazine rings is 1. The third-order valence-electron chi connectivity index (χ3n) is 4.15. The van der Waals surface area contributed by atoms with E-state index in [1.54, 1.807) is 4.90 Å². The first-order chi connectivity index (χ1) is 8.17. The Hall–Kier alpha value is -0.940. The van der Waals surface area contributed by atoms with Crippen LogP contribution in [0.25, 0.3) is 0 Å². The van der Waals surface area contributed by atoms with Gasteiger partial charge in [0.1, 0.15) is 26.2 Å². The predicted octanol–water partition coefficient (Wildman–Crippen LogP) is -3.06. The predicted molar refractivity (Wildman–Crippen MR) is 62.7 cm³/mol. The van der Waals surface area contributed by atoms with Crippen LogP contribution in [0.4, 0.5) is 0 Å². The summed E-state index contributed by atoms with van der Waals surface area (Å²) in [5, 5.41) is 0. The van der Waals surface area contributed by atoms with Crippen LogP contribution < -0.4 is 9.80 Å². The van der Waals surface area contributed by atoms with Gasteiger partial charge in [-0.25, -0.2) is 0 Å². The summed E-state index contributed by atoms with van der Waals surface area (Å²) in [6, 6.07) is -0.0964. The maximum atomic E-state index is 12.1. The molecule has 5 heteroatoms. The summed E-state index contributed by atoms with van der Waals surface area (Å²) in [6.07, 6.45) is 0.420. The summed E-state index contributed by atoms with van der Waals surface area (Å²) in [5.41, 5.74) is 0. The lowest BCUT2D eigenvalue weighted by Crippen LogP contribution is -3.29. The van der Waals surface area contributed by atoms with Gasteiger partial charge in [0.2, 0.25) is 5.91 Å². The smallest absolute Gasteiger partial charge is 0.288 e. The Balaban J connectivity index is 1.96. The molecule has 5 nitrogen and oxygen atoms in total. The number of rotatable bonds is 3. The third kappa shape index (κ3) is 2.35. The van der Waals surface area contributed by atoms with Gasteiger partial charge < -0.3 is 9.80 Å². The topological polar surface area (TPSA) is 46.3 Å². The zero-order valence-electron chi connectivity index (χ0n) is 10.8. The van der Waals surface area contributed by atoms with Crippen molar-refractivity contribution in [2.75, 3.05) is 39.3 Å². The molecule has 0 unspecified atom stereocenters. The van der Waals surface area contributed by atoms with E-state index in [0.717, 1.165) is 32.7 Å². The van der Waals surface area contributed by atoms with Crippen molar-refractivity contribution >= 4 is 11.8 Å². The number of hydrogen-bond acceptors (Lipinski definition) is 2. The second kappa shape index (κ2) is 5.14. The fourth-order valence-corrected chi connectivity index (χ4v) is 2.96. The molecule has 0 aliphatic carbocycles. The Morgan fingerprint density at radius 1 is 1.18 bits per heavy atom. The molecule has 17 heavy (non-hydrogen) atoms. The van der Waals surface area contributed by atoms with E-state index in [1.165, 1.54) is 9.80 Å². The first kappa shape index (κ1) is 12.5. The van der Waals surface area contributed by atoms with Gasteiger partial charge in [-0.1, -0.05) is 0 Å².